The van der Waals surface area contributed by atoms with Crippen molar-refractivity contribution in [2.45, 2.75) is 6.92 Å². The van der Waals surface area contributed by atoms with Gasteiger partial charge < -0.3 is 4.74 Å². The molecule has 0 unspecified atom stereocenters. The Labute approximate surface area is 129 Å². The zero-order valence-corrected chi connectivity index (χ0v) is 13.7. The summed E-state index contributed by atoms with van der Waals surface area (Å²) in [6.07, 6.45) is 1.79. The molecule has 0 bridgehead atoms. The average Bonchev–Trinajstić information content (AvgIpc) is 2.70. The molecule has 1 aliphatic heterocycles. The number of methoxy groups -OCH3 is 1. The second kappa shape index (κ2) is 6.63. The van der Waals surface area contributed by atoms with Crippen LogP contribution in [-0.4, -0.2) is 22.4 Å². The monoisotopic (exact) mass is 357 g/mol. The number of halogens is 1. The van der Waals surface area contributed by atoms with E-state index in [1.165, 1.54) is 11.8 Å². The molecule has 1 aromatic rings. The fraction of sp³-hybridized carbons (Fsp3) is 0.231. The lowest BCUT2D eigenvalue weighted by Gasteiger charge is -2.03. The molecular formula is C13H12BrNO2S2. The van der Waals surface area contributed by atoms with Gasteiger partial charge in [0, 0.05) is 0 Å². The SMILES string of the molecule is CCSC1=NC(=Cc2ccc(OC)c(Br)c2)C(=O)S1. The molecule has 6 heteroatoms. The summed E-state index contributed by atoms with van der Waals surface area (Å²) in [6.45, 7) is 2.04. The number of thioether (sulfide) groups is 2. The number of aliphatic imine (C=N–C) groups is 1. The van der Waals surface area contributed by atoms with Crippen molar-refractivity contribution < 1.29 is 9.53 Å². The van der Waals surface area contributed by atoms with Crippen molar-refractivity contribution in [2.75, 3.05) is 12.9 Å². The summed E-state index contributed by atoms with van der Waals surface area (Å²) < 4.78 is 6.85. The molecule has 0 fully saturated rings. The number of ether oxygens (including phenoxy) is 1. The third-order valence-corrected chi connectivity index (χ3v) is 4.86. The van der Waals surface area contributed by atoms with Crippen molar-refractivity contribution in [3.8, 4) is 5.75 Å². The van der Waals surface area contributed by atoms with Crippen molar-refractivity contribution >= 4 is 55.0 Å². The number of carbonyl (C=O) groups excluding carboxylic acids is 1. The van der Waals surface area contributed by atoms with Crippen LogP contribution in [0.5, 0.6) is 5.75 Å². The van der Waals surface area contributed by atoms with Crippen LogP contribution in [0, 0.1) is 0 Å². The summed E-state index contributed by atoms with van der Waals surface area (Å²) in [5.74, 6) is 1.68. The molecule has 0 saturated carbocycles. The first-order valence-electron chi connectivity index (χ1n) is 5.63. The van der Waals surface area contributed by atoms with E-state index in [9.17, 15) is 4.79 Å². The van der Waals surface area contributed by atoms with Gasteiger partial charge in [-0.2, -0.15) is 0 Å². The number of nitrogens with zero attached hydrogens (tertiary/aromatic N) is 1. The van der Waals surface area contributed by atoms with Crippen LogP contribution in [0.2, 0.25) is 0 Å². The number of carbonyl (C=O) groups is 1. The van der Waals surface area contributed by atoms with Crippen LogP contribution in [0.15, 0.2) is 33.4 Å². The highest BCUT2D eigenvalue weighted by Crippen LogP contribution is 2.32. The van der Waals surface area contributed by atoms with Crippen LogP contribution >= 0.6 is 39.5 Å². The van der Waals surface area contributed by atoms with Crippen LogP contribution in [0.3, 0.4) is 0 Å². The van der Waals surface area contributed by atoms with E-state index in [0.29, 0.717) is 5.70 Å². The summed E-state index contributed by atoms with van der Waals surface area (Å²) >= 11 is 6.21. The Morgan fingerprint density at radius 1 is 1.53 bits per heavy atom. The molecule has 0 spiro atoms. The Morgan fingerprint density at radius 2 is 2.32 bits per heavy atom. The number of rotatable bonds is 3. The first-order chi connectivity index (χ1) is 9.13. The maximum Gasteiger partial charge on any atom is 0.244 e. The molecule has 100 valence electrons. The topological polar surface area (TPSA) is 38.7 Å². The summed E-state index contributed by atoms with van der Waals surface area (Å²) in [5, 5.41) is 0.00268. The highest BCUT2D eigenvalue weighted by molar-refractivity contribution is 9.10. The zero-order valence-electron chi connectivity index (χ0n) is 10.5. The smallest absolute Gasteiger partial charge is 0.244 e. The molecule has 0 N–H and O–H groups in total. The van der Waals surface area contributed by atoms with Crippen molar-refractivity contribution in [3.63, 3.8) is 0 Å². The summed E-state index contributed by atoms with van der Waals surface area (Å²) in [5.41, 5.74) is 1.42. The van der Waals surface area contributed by atoms with Gasteiger partial charge in [-0.25, -0.2) is 4.99 Å². The van der Waals surface area contributed by atoms with E-state index < -0.39 is 0 Å². The highest BCUT2D eigenvalue weighted by atomic mass is 79.9. The molecule has 0 aliphatic carbocycles. The molecule has 3 nitrogen and oxygen atoms in total. The highest BCUT2D eigenvalue weighted by Gasteiger charge is 2.21. The lowest BCUT2D eigenvalue weighted by Crippen LogP contribution is -1.89. The lowest BCUT2D eigenvalue weighted by molar-refractivity contribution is -0.107. The van der Waals surface area contributed by atoms with Gasteiger partial charge in [-0.3, -0.25) is 4.79 Å². The fourth-order valence-electron chi connectivity index (χ4n) is 1.51. The molecule has 1 aromatic carbocycles. The molecule has 0 amide bonds. The maximum atomic E-state index is 11.8. The molecule has 0 radical (unpaired) electrons. The average molecular weight is 358 g/mol. The van der Waals surface area contributed by atoms with E-state index in [1.807, 2.05) is 25.1 Å². The molecule has 0 aromatic heterocycles. The van der Waals surface area contributed by atoms with Gasteiger partial charge in [0.05, 0.1) is 11.6 Å². The molecule has 0 saturated heterocycles. The first kappa shape index (κ1) is 14.7. The quantitative estimate of drug-likeness (QED) is 0.760. The van der Waals surface area contributed by atoms with Crippen LogP contribution in [-0.2, 0) is 4.79 Å². The Morgan fingerprint density at radius 3 is 2.95 bits per heavy atom. The predicted octanol–water partition coefficient (Wildman–Crippen LogP) is 4.18. The summed E-state index contributed by atoms with van der Waals surface area (Å²) in [6, 6.07) is 5.66. The van der Waals surface area contributed by atoms with Crippen LogP contribution in [0.25, 0.3) is 6.08 Å². The number of benzene rings is 1. The standard InChI is InChI=1S/C13H12BrNO2S2/c1-3-18-13-15-10(12(16)19-13)7-8-4-5-11(17-2)9(14)6-8/h4-7H,3H2,1-2H3. The molecule has 1 aliphatic rings. The van der Waals surface area contributed by atoms with E-state index in [2.05, 4.69) is 20.9 Å². The van der Waals surface area contributed by atoms with Gasteiger partial charge in [-0.15, -0.1) is 0 Å². The van der Waals surface area contributed by atoms with E-state index >= 15 is 0 Å². The minimum Gasteiger partial charge on any atom is -0.496 e. The second-order valence-electron chi connectivity index (χ2n) is 3.62. The van der Waals surface area contributed by atoms with Crippen molar-refractivity contribution in [1.82, 2.24) is 0 Å². The van der Waals surface area contributed by atoms with E-state index in [0.717, 1.165) is 25.9 Å². The zero-order chi connectivity index (χ0) is 13.8. The molecule has 1 heterocycles. The van der Waals surface area contributed by atoms with Gasteiger partial charge >= 0.3 is 0 Å². The molecular weight excluding hydrogens is 346 g/mol. The van der Waals surface area contributed by atoms with Crippen LogP contribution in [0.4, 0.5) is 0 Å². The molecule has 2 rings (SSSR count). The van der Waals surface area contributed by atoms with E-state index in [-0.39, 0.29) is 5.12 Å². The minimum atomic E-state index is 0.00268. The van der Waals surface area contributed by atoms with Gasteiger partial charge in [-0.05, 0) is 57.2 Å². The molecule has 19 heavy (non-hydrogen) atoms. The Hall–Kier alpha value is -0.720. The van der Waals surface area contributed by atoms with Crippen LogP contribution < -0.4 is 4.74 Å². The fourth-order valence-corrected chi connectivity index (χ4v) is 3.80. The van der Waals surface area contributed by atoms with Gasteiger partial charge in [0.1, 0.15) is 15.8 Å². The van der Waals surface area contributed by atoms with E-state index in [4.69, 9.17) is 4.74 Å². The van der Waals surface area contributed by atoms with Crippen LogP contribution in [0.1, 0.15) is 12.5 Å². The summed E-state index contributed by atoms with van der Waals surface area (Å²) in [7, 11) is 1.62. The van der Waals surface area contributed by atoms with Crippen molar-refractivity contribution in [2.24, 2.45) is 4.99 Å². The first-order valence-corrected chi connectivity index (χ1v) is 8.22. The molecule has 0 atom stereocenters. The third kappa shape index (κ3) is 3.64. The van der Waals surface area contributed by atoms with Gasteiger partial charge in [0.25, 0.3) is 0 Å². The number of hydrogen-bond donors (Lipinski definition) is 0. The van der Waals surface area contributed by atoms with Gasteiger partial charge in [0.2, 0.25) is 5.12 Å². The largest absolute Gasteiger partial charge is 0.496 e. The lowest BCUT2D eigenvalue weighted by atomic mass is 10.2. The summed E-state index contributed by atoms with van der Waals surface area (Å²) in [4.78, 5) is 16.1. The second-order valence-corrected chi connectivity index (χ2v) is 6.95. The Balaban J connectivity index is 2.26. The van der Waals surface area contributed by atoms with E-state index in [1.54, 1.807) is 24.9 Å². The van der Waals surface area contributed by atoms with Crippen molar-refractivity contribution in [3.05, 3.63) is 33.9 Å². The predicted molar refractivity (Wildman–Crippen MR) is 86.8 cm³/mol. The van der Waals surface area contributed by atoms with Gasteiger partial charge in [-0.1, -0.05) is 24.8 Å². The van der Waals surface area contributed by atoms with Gasteiger partial charge in [0.15, 0.2) is 0 Å². The maximum absolute atomic E-state index is 11.8. The Kier molecular flexibility index (Phi) is 5.13. The third-order valence-electron chi connectivity index (χ3n) is 2.35. The Bertz CT molecular complexity index is 570. The van der Waals surface area contributed by atoms with Crippen molar-refractivity contribution in [1.29, 1.82) is 0 Å². The number of hydrogen-bond acceptors (Lipinski definition) is 5. The normalized spacial score (nSPS) is 16.9. The minimum absolute atomic E-state index is 0.00268.